The zero-order valence-corrected chi connectivity index (χ0v) is 14.8. The van der Waals surface area contributed by atoms with E-state index in [4.69, 9.17) is 11.6 Å². The van der Waals surface area contributed by atoms with E-state index in [0.29, 0.717) is 5.56 Å². The van der Waals surface area contributed by atoms with E-state index in [2.05, 4.69) is 5.10 Å². The number of aromatic hydroxyl groups is 1. The molecule has 0 atom stereocenters. The number of nitro benzene ring substituents is 1. The Morgan fingerprint density at radius 3 is 2.60 bits per heavy atom. The van der Waals surface area contributed by atoms with E-state index < -0.39 is 26.4 Å². The van der Waals surface area contributed by atoms with Gasteiger partial charge < -0.3 is 5.11 Å². The van der Waals surface area contributed by atoms with E-state index in [1.54, 1.807) is 26.0 Å². The lowest BCUT2D eigenvalue weighted by atomic mass is 10.2. The summed E-state index contributed by atoms with van der Waals surface area (Å²) in [6.45, 7) is 3.40. The van der Waals surface area contributed by atoms with Gasteiger partial charge in [-0.05, 0) is 37.1 Å². The minimum absolute atomic E-state index is 0.00309. The summed E-state index contributed by atoms with van der Waals surface area (Å²) in [6, 6.07) is 7.14. The number of halogens is 1. The highest BCUT2D eigenvalue weighted by atomic mass is 35.5. The molecule has 0 saturated heterocycles. The minimum atomic E-state index is -3.93. The number of aryl methyl sites for hydroxylation is 2. The van der Waals surface area contributed by atoms with Crippen LogP contribution in [-0.2, 0) is 10.0 Å². The van der Waals surface area contributed by atoms with Crippen molar-refractivity contribution < 1.29 is 18.4 Å². The Balaban J connectivity index is 2.32. The van der Waals surface area contributed by atoms with Gasteiger partial charge in [-0.3, -0.25) is 10.1 Å². The molecule has 2 N–H and O–H groups in total. The second kappa shape index (κ2) is 7.08. The average Bonchev–Trinajstić information content (AvgIpc) is 2.52. The SMILES string of the molecule is Cc1ccc(C)c(S(=O)(=O)N/N=C\c2cc(Cl)cc([N+](=O)[O-])c2O)c1. The van der Waals surface area contributed by atoms with Crippen LogP contribution in [0.4, 0.5) is 5.69 Å². The molecule has 0 heterocycles. The molecule has 132 valence electrons. The van der Waals surface area contributed by atoms with Gasteiger partial charge >= 0.3 is 5.69 Å². The maximum absolute atomic E-state index is 12.3. The van der Waals surface area contributed by atoms with Crippen molar-refractivity contribution in [2.45, 2.75) is 18.7 Å². The number of hydrogen-bond donors (Lipinski definition) is 2. The summed E-state index contributed by atoms with van der Waals surface area (Å²) < 4.78 is 24.6. The lowest BCUT2D eigenvalue weighted by Crippen LogP contribution is -2.19. The molecule has 8 nitrogen and oxygen atoms in total. The number of nitrogens with zero attached hydrogens (tertiary/aromatic N) is 2. The molecule has 2 aromatic carbocycles. The molecule has 0 aliphatic carbocycles. The molecular formula is C15H14ClN3O5S. The van der Waals surface area contributed by atoms with Crippen LogP contribution in [0.15, 0.2) is 40.3 Å². The van der Waals surface area contributed by atoms with Gasteiger partial charge in [0.2, 0.25) is 5.75 Å². The predicted molar refractivity (Wildman–Crippen MR) is 93.6 cm³/mol. The van der Waals surface area contributed by atoms with Crippen molar-refractivity contribution in [2.75, 3.05) is 0 Å². The summed E-state index contributed by atoms with van der Waals surface area (Å²) in [5.74, 6) is -0.663. The summed E-state index contributed by atoms with van der Waals surface area (Å²) in [4.78, 5) is 12.1. The van der Waals surface area contributed by atoms with Crippen LogP contribution in [-0.4, -0.2) is 24.7 Å². The number of rotatable bonds is 5. The van der Waals surface area contributed by atoms with Gasteiger partial charge in [-0.25, -0.2) is 4.83 Å². The van der Waals surface area contributed by atoms with Crippen LogP contribution >= 0.6 is 11.6 Å². The lowest BCUT2D eigenvalue weighted by Gasteiger charge is -2.08. The summed E-state index contributed by atoms with van der Waals surface area (Å²) in [7, 11) is -3.93. The normalized spacial score (nSPS) is 11.6. The molecule has 0 aliphatic rings. The largest absolute Gasteiger partial charge is 0.502 e. The topological polar surface area (TPSA) is 122 Å². The number of phenols is 1. The van der Waals surface area contributed by atoms with Crippen molar-refractivity contribution in [3.63, 3.8) is 0 Å². The first-order valence-corrected chi connectivity index (χ1v) is 8.77. The van der Waals surface area contributed by atoms with E-state index >= 15 is 0 Å². The molecule has 0 fully saturated rings. The molecule has 0 aromatic heterocycles. The molecule has 10 heteroatoms. The Morgan fingerprint density at radius 1 is 1.28 bits per heavy atom. The van der Waals surface area contributed by atoms with Crippen LogP contribution in [0.2, 0.25) is 5.02 Å². The first-order chi connectivity index (χ1) is 11.6. The Morgan fingerprint density at radius 2 is 1.96 bits per heavy atom. The van der Waals surface area contributed by atoms with E-state index in [1.807, 2.05) is 4.83 Å². The van der Waals surface area contributed by atoms with Crippen LogP contribution in [0.25, 0.3) is 0 Å². The number of benzene rings is 2. The Kier molecular flexibility index (Phi) is 5.29. The third-order valence-electron chi connectivity index (χ3n) is 3.29. The Hall–Kier alpha value is -2.65. The highest BCUT2D eigenvalue weighted by Gasteiger charge is 2.19. The quantitative estimate of drug-likeness (QED) is 0.467. The summed E-state index contributed by atoms with van der Waals surface area (Å²) >= 11 is 5.75. The first-order valence-electron chi connectivity index (χ1n) is 6.91. The molecule has 25 heavy (non-hydrogen) atoms. The van der Waals surface area contributed by atoms with Crippen molar-refractivity contribution in [2.24, 2.45) is 5.10 Å². The minimum Gasteiger partial charge on any atom is -0.502 e. The molecule has 2 aromatic rings. The molecule has 0 aliphatic heterocycles. The summed E-state index contributed by atoms with van der Waals surface area (Å²) in [6.07, 6.45) is 0.941. The van der Waals surface area contributed by atoms with Crippen molar-refractivity contribution in [1.29, 1.82) is 0 Å². The maximum Gasteiger partial charge on any atom is 0.312 e. The van der Waals surface area contributed by atoms with Crippen LogP contribution < -0.4 is 4.83 Å². The number of hydrogen-bond acceptors (Lipinski definition) is 6. The number of nitro groups is 1. The second-order valence-corrected chi connectivity index (χ2v) is 7.31. The first kappa shape index (κ1) is 18.7. The van der Waals surface area contributed by atoms with E-state index in [9.17, 15) is 23.6 Å². The zero-order valence-electron chi connectivity index (χ0n) is 13.2. The fourth-order valence-electron chi connectivity index (χ4n) is 2.05. The van der Waals surface area contributed by atoms with Crippen molar-refractivity contribution >= 4 is 33.5 Å². The van der Waals surface area contributed by atoms with Gasteiger partial charge in [0.15, 0.2) is 0 Å². The second-order valence-electron chi connectivity index (χ2n) is 5.24. The fourth-order valence-corrected chi connectivity index (χ4v) is 3.40. The predicted octanol–water partition coefficient (Wildman–Crippen LogP) is 2.88. The van der Waals surface area contributed by atoms with Crippen molar-refractivity contribution in [3.05, 3.63) is 62.2 Å². The average molecular weight is 384 g/mol. The zero-order chi connectivity index (χ0) is 18.8. The number of phenolic OH excluding ortho intramolecular Hbond substituents is 1. The third kappa shape index (κ3) is 4.25. The van der Waals surface area contributed by atoms with Crippen LogP contribution in [0.1, 0.15) is 16.7 Å². The number of nitrogens with one attached hydrogen (secondary N) is 1. The standard InChI is InChI=1S/C15H14ClN3O5S/c1-9-3-4-10(2)14(5-9)25(23,24)18-17-8-11-6-12(16)7-13(15(11)20)19(21)22/h3-8,18,20H,1-2H3/b17-8-. The fraction of sp³-hybridized carbons (Fsp3) is 0.133. The van der Waals surface area contributed by atoms with Gasteiger partial charge in [0.1, 0.15) is 0 Å². The molecule has 0 unspecified atom stereocenters. The van der Waals surface area contributed by atoms with Crippen molar-refractivity contribution in [3.8, 4) is 5.75 Å². The van der Waals surface area contributed by atoms with Gasteiger partial charge in [-0.2, -0.15) is 13.5 Å². The van der Waals surface area contributed by atoms with Gasteiger partial charge in [0.25, 0.3) is 10.0 Å². The molecule has 0 spiro atoms. The molecule has 0 bridgehead atoms. The van der Waals surface area contributed by atoms with Crippen LogP contribution in [0, 0.1) is 24.0 Å². The summed E-state index contributed by atoms with van der Waals surface area (Å²) in [5.41, 5.74) is 0.599. The number of hydrazone groups is 1. The van der Waals surface area contributed by atoms with Crippen LogP contribution in [0.5, 0.6) is 5.75 Å². The lowest BCUT2D eigenvalue weighted by molar-refractivity contribution is -0.385. The summed E-state index contributed by atoms with van der Waals surface area (Å²) in [5, 5.41) is 24.2. The maximum atomic E-state index is 12.3. The molecule has 2 rings (SSSR count). The molecule has 0 saturated carbocycles. The van der Waals surface area contributed by atoms with Crippen LogP contribution in [0.3, 0.4) is 0 Å². The smallest absolute Gasteiger partial charge is 0.312 e. The van der Waals surface area contributed by atoms with E-state index in [0.717, 1.165) is 17.8 Å². The third-order valence-corrected chi connectivity index (χ3v) is 4.87. The van der Waals surface area contributed by atoms with Gasteiger partial charge in [-0.15, -0.1) is 0 Å². The molecular weight excluding hydrogens is 370 g/mol. The van der Waals surface area contributed by atoms with Gasteiger partial charge in [0.05, 0.1) is 16.0 Å². The van der Waals surface area contributed by atoms with Gasteiger partial charge in [0, 0.05) is 16.7 Å². The molecule has 0 radical (unpaired) electrons. The Bertz CT molecular complexity index is 973. The number of sulfonamides is 1. The highest BCUT2D eigenvalue weighted by molar-refractivity contribution is 7.89. The monoisotopic (exact) mass is 383 g/mol. The van der Waals surface area contributed by atoms with E-state index in [-0.39, 0.29) is 15.5 Å². The van der Waals surface area contributed by atoms with E-state index in [1.165, 1.54) is 12.1 Å². The van der Waals surface area contributed by atoms with Gasteiger partial charge in [-0.1, -0.05) is 23.7 Å². The molecule has 0 amide bonds. The highest BCUT2D eigenvalue weighted by Crippen LogP contribution is 2.32. The Labute approximate surface area is 149 Å². The van der Waals surface area contributed by atoms with Crippen molar-refractivity contribution in [1.82, 2.24) is 4.83 Å².